The number of amides is 2. The van der Waals surface area contributed by atoms with E-state index in [0.29, 0.717) is 18.7 Å². The summed E-state index contributed by atoms with van der Waals surface area (Å²) in [4.78, 5) is 30.5. The first-order chi connectivity index (χ1) is 16.8. The number of aromatic nitrogens is 1. The summed E-state index contributed by atoms with van der Waals surface area (Å²) in [6.45, 7) is 12.3. The van der Waals surface area contributed by atoms with Crippen LogP contribution in [0.25, 0.3) is 0 Å². The van der Waals surface area contributed by atoms with Crippen LogP contribution in [0.15, 0.2) is 72.9 Å². The van der Waals surface area contributed by atoms with Crippen molar-refractivity contribution in [1.82, 2.24) is 14.4 Å². The molecule has 0 bridgehead atoms. The molecule has 2 aromatic carbocycles. The van der Waals surface area contributed by atoms with Crippen molar-refractivity contribution in [3.63, 3.8) is 0 Å². The molecule has 0 fully saturated rings. The monoisotopic (exact) mass is 473 g/mol. The first-order valence-electron chi connectivity index (χ1n) is 12.6. The molecule has 186 valence electrons. The molecule has 2 amide bonds. The van der Waals surface area contributed by atoms with Crippen molar-refractivity contribution in [2.75, 3.05) is 13.1 Å². The second-order valence-corrected chi connectivity index (χ2v) is 9.78. The Morgan fingerprint density at radius 1 is 0.914 bits per heavy atom. The third-order valence-corrected chi connectivity index (χ3v) is 6.52. The number of rotatable bonds is 11. The molecule has 1 heterocycles. The summed E-state index contributed by atoms with van der Waals surface area (Å²) in [5.41, 5.74) is 4.23. The topological polar surface area (TPSA) is 45.6 Å². The summed E-state index contributed by atoms with van der Waals surface area (Å²) in [5, 5.41) is 0. The maximum Gasteiger partial charge on any atom is 0.254 e. The number of aryl methyl sites for hydroxylation is 1. The van der Waals surface area contributed by atoms with Crippen LogP contribution in [0.1, 0.15) is 61.3 Å². The molecule has 1 atom stereocenters. The second-order valence-electron chi connectivity index (χ2n) is 9.78. The molecule has 5 heteroatoms. The normalized spacial score (nSPS) is 11.9. The zero-order chi connectivity index (χ0) is 25.4. The van der Waals surface area contributed by atoms with Gasteiger partial charge in [-0.15, -0.1) is 0 Å². The largest absolute Gasteiger partial charge is 0.345 e. The van der Waals surface area contributed by atoms with E-state index in [1.165, 1.54) is 11.1 Å². The van der Waals surface area contributed by atoms with E-state index in [2.05, 4.69) is 75.7 Å². The molecule has 0 aliphatic carbocycles. The lowest BCUT2D eigenvalue weighted by molar-refractivity contribution is -0.134. The van der Waals surface area contributed by atoms with Crippen LogP contribution in [0, 0.1) is 12.8 Å². The van der Waals surface area contributed by atoms with Crippen molar-refractivity contribution in [3.05, 3.63) is 95.3 Å². The van der Waals surface area contributed by atoms with Gasteiger partial charge in [-0.2, -0.15) is 0 Å². The van der Waals surface area contributed by atoms with Gasteiger partial charge in [0, 0.05) is 36.6 Å². The molecule has 3 aromatic rings. The molecule has 1 unspecified atom stereocenters. The second kappa shape index (κ2) is 12.4. The summed E-state index contributed by atoms with van der Waals surface area (Å²) >= 11 is 0. The number of carbonyl (C=O) groups is 2. The van der Waals surface area contributed by atoms with E-state index in [0.717, 1.165) is 18.7 Å². The number of carbonyl (C=O) groups excluding carboxylic acids is 2. The van der Waals surface area contributed by atoms with Crippen molar-refractivity contribution in [3.8, 4) is 0 Å². The molecule has 35 heavy (non-hydrogen) atoms. The molecule has 0 saturated carbocycles. The van der Waals surface area contributed by atoms with Crippen LogP contribution >= 0.6 is 0 Å². The first kappa shape index (κ1) is 26.3. The van der Waals surface area contributed by atoms with Gasteiger partial charge in [0.2, 0.25) is 5.91 Å². The Morgan fingerprint density at radius 3 is 2.26 bits per heavy atom. The molecule has 5 nitrogen and oxygen atoms in total. The van der Waals surface area contributed by atoms with E-state index in [1.807, 2.05) is 41.3 Å². The smallest absolute Gasteiger partial charge is 0.254 e. The van der Waals surface area contributed by atoms with Crippen molar-refractivity contribution < 1.29 is 9.59 Å². The highest BCUT2D eigenvalue weighted by Gasteiger charge is 2.26. The Labute approximate surface area is 210 Å². The maximum absolute atomic E-state index is 13.6. The van der Waals surface area contributed by atoms with Gasteiger partial charge in [-0.05, 0) is 61.6 Å². The van der Waals surface area contributed by atoms with E-state index in [1.54, 1.807) is 4.90 Å². The van der Waals surface area contributed by atoms with Crippen LogP contribution in [-0.4, -0.2) is 45.3 Å². The molecule has 0 N–H and O–H groups in total. The van der Waals surface area contributed by atoms with Crippen molar-refractivity contribution in [2.24, 2.45) is 5.92 Å². The Hall–Kier alpha value is -3.34. The lowest BCUT2D eigenvalue weighted by atomic mass is 10.1. The van der Waals surface area contributed by atoms with Gasteiger partial charge in [0.25, 0.3) is 5.91 Å². The van der Waals surface area contributed by atoms with Gasteiger partial charge in [0.05, 0.1) is 6.54 Å². The highest BCUT2D eigenvalue weighted by Crippen LogP contribution is 2.17. The zero-order valence-corrected chi connectivity index (χ0v) is 21.8. The van der Waals surface area contributed by atoms with Crippen molar-refractivity contribution in [1.29, 1.82) is 0 Å². The Kier molecular flexibility index (Phi) is 9.30. The van der Waals surface area contributed by atoms with Gasteiger partial charge >= 0.3 is 0 Å². The number of nitrogens with zero attached hydrogens (tertiary/aromatic N) is 3. The maximum atomic E-state index is 13.6. The van der Waals surface area contributed by atoms with E-state index < -0.39 is 0 Å². The third-order valence-electron chi connectivity index (χ3n) is 6.52. The zero-order valence-electron chi connectivity index (χ0n) is 21.8. The van der Waals surface area contributed by atoms with E-state index in [-0.39, 0.29) is 30.3 Å². The van der Waals surface area contributed by atoms with Crippen LogP contribution in [-0.2, 0) is 17.9 Å². The number of benzene rings is 2. The number of hydrogen-bond donors (Lipinski definition) is 0. The van der Waals surface area contributed by atoms with E-state index >= 15 is 0 Å². The standard InChI is InChI=1S/C30H39N3O2/c1-6-25(5)33(21-28-17-12-18-31(28)20-27-16-11-10-13-24(27)4)29(34)22-32(19-23(2)3)30(35)26-14-8-7-9-15-26/h7-18,23,25H,6,19-22H2,1-5H3. The third kappa shape index (κ3) is 7.08. The SMILES string of the molecule is CCC(C)N(Cc1cccn1Cc1ccccc1C)C(=O)CN(CC(C)C)C(=O)c1ccccc1. The lowest BCUT2D eigenvalue weighted by Crippen LogP contribution is -2.47. The van der Waals surface area contributed by atoms with Gasteiger partial charge in [0.15, 0.2) is 0 Å². The molecular weight excluding hydrogens is 434 g/mol. The lowest BCUT2D eigenvalue weighted by Gasteiger charge is -2.32. The summed E-state index contributed by atoms with van der Waals surface area (Å²) in [7, 11) is 0. The van der Waals surface area contributed by atoms with E-state index in [9.17, 15) is 9.59 Å². The summed E-state index contributed by atoms with van der Waals surface area (Å²) in [5.74, 6) is 0.145. The molecule has 3 rings (SSSR count). The van der Waals surface area contributed by atoms with Crippen LogP contribution in [0.5, 0.6) is 0 Å². The average molecular weight is 474 g/mol. The molecule has 1 aromatic heterocycles. The summed E-state index contributed by atoms with van der Waals surface area (Å²) in [6.07, 6.45) is 2.92. The van der Waals surface area contributed by atoms with Gasteiger partial charge in [-0.3, -0.25) is 9.59 Å². The Balaban J connectivity index is 1.80. The van der Waals surface area contributed by atoms with Gasteiger partial charge in [-0.1, -0.05) is 63.2 Å². The minimum atomic E-state index is -0.0975. The first-order valence-corrected chi connectivity index (χ1v) is 12.6. The van der Waals surface area contributed by atoms with Crippen LogP contribution in [0.3, 0.4) is 0 Å². The van der Waals surface area contributed by atoms with Gasteiger partial charge in [0.1, 0.15) is 6.54 Å². The minimum absolute atomic E-state index is 0.0204. The Morgan fingerprint density at radius 2 is 1.60 bits per heavy atom. The average Bonchev–Trinajstić information content (AvgIpc) is 3.29. The fraction of sp³-hybridized carbons (Fsp3) is 0.400. The van der Waals surface area contributed by atoms with Crippen molar-refractivity contribution >= 4 is 11.8 Å². The molecular formula is C30H39N3O2. The predicted molar refractivity (Wildman–Crippen MR) is 142 cm³/mol. The van der Waals surface area contributed by atoms with E-state index in [4.69, 9.17) is 0 Å². The minimum Gasteiger partial charge on any atom is -0.345 e. The predicted octanol–water partition coefficient (Wildman–Crippen LogP) is 5.77. The van der Waals surface area contributed by atoms with Crippen LogP contribution < -0.4 is 0 Å². The van der Waals surface area contributed by atoms with Gasteiger partial charge < -0.3 is 14.4 Å². The molecule has 0 saturated heterocycles. The summed E-state index contributed by atoms with van der Waals surface area (Å²) < 4.78 is 2.21. The van der Waals surface area contributed by atoms with Gasteiger partial charge in [-0.25, -0.2) is 0 Å². The Bertz CT molecular complexity index is 1100. The molecule has 0 aliphatic rings. The molecule has 0 radical (unpaired) electrons. The summed E-state index contributed by atoms with van der Waals surface area (Å²) in [6, 6.07) is 21.8. The van der Waals surface area contributed by atoms with Crippen molar-refractivity contribution in [2.45, 2.75) is 60.2 Å². The number of hydrogen-bond acceptors (Lipinski definition) is 2. The fourth-order valence-corrected chi connectivity index (χ4v) is 4.28. The molecule has 0 aliphatic heterocycles. The highest BCUT2D eigenvalue weighted by molar-refractivity contribution is 5.96. The quantitative estimate of drug-likeness (QED) is 0.355. The highest BCUT2D eigenvalue weighted by atomic mass is 16.2. The molecule has 0 spiro atoms. The van der Waals surface area contributed by atoms with Crippen LogP contribution in [0.2, 0.25) is 0 Å². The fourth-order valence-electron chi connectivity index (χ4n) is 4.28. The van der Waals surface area contributed by atoms with Crippen LogP contribution in [0.4, 0.5) is 0 Å².